The number of benzene rings is 6. The van der Waals surface area contributed by atoms with Crippen molar-refractivity contribution in [2.45, 2.75) is 0 Å². The predicted octanol–water partition coefficient (Wildman–Crippen LogP) is 8.70. The van der Waals surface area contributed by atoms with E-state index >= 15 is 0 Å². The van der Waals surface area contributed by atoms with Crippen LogP contribution < -0.4 is 0 Å². The Balaban J connectivity index is 1.59. The second-order valence-corrected chi connectivity index (χ2v) is 9.45. The normalized spacial score (nSPS) is 11.8. The molecule has 0 atom stereocenters. The summed E-state index contributed by atoms with van der Waals surface area (Å²) in [7, 11) is 0. The molecule has 0 N–H and O–H groups in total. The van der Waals surface area contributed by atoms with E-state index in [0.29, 0.717) is 0 Å². The van der Waals surface area contributed by atoms with Crippen LogP contribution >= 0.6 is 0 Å². The van der Waals surface area contributed by atoms with Crippen LogP contribution in [0.1, 0.15) is 0 Å². The smallest absolute Gasteiger partial charge is 0.0972 e. The van der Waals surface area contributed by atoms with Crippen molar-refractivity contribution in [1.82, 2.24) is 14.5 Å². The summed E-state index contributed by atoms with van der Waals surface area (Å²) < 4.78 is 2.41. The Morgan fingerprint density at radius 3 is 1.92 bits per heavy atom. The molecule has 0 aliphatic rings. The summed E-state index contributed by atoms with van der Waals surface area (Å²) in [6.45, 7) is 0. The van der Waals surface area contributed by atoms with E-state index in [1.807, 2.05) is 0 Å². The first-order valence-corrected chi connectivity index (χ1v) is 12.5. The topological polar surface area (TPSA) is 30.7 Å². The maximum absolute atomic E-state index is 4.82. The molecule has 0 saturated carbocycles. The van der Waals surface area contributed by atoms with Gasteiger partial charge in [0, 0.05) is 39.5 Å². The maximum Gasteiger partial charge on any atom is 0.0972 e. The quantitative estimate of drug-likeness (QED) is 0.236. The molecule has 8 rings (SSSR count). The van der Waals surface area contributed by atoms with Gasteiger partial charge in [0.25, 0.3) is 0 Å². The number of rotatable bonds is 2. The lowest BCUT2D eigenvalue weighted by molar-refractivity contribution is 1.18. The Morgan fingerprint density at radius 2 is 1.08 bits per heavy atom. The van der Waals surface area contributed by atoms with Gasteiger partial charge in [0.05, 0.1) is 27.8 Å². The highest BCUT2D eigenvalue weighted by atomic mass is 15.0. The molecule has 3 nitrogen and oxygen atoms in total. The lowest BCUT2D eigenvalue weighted by Crippen LogP contribution is -1.97. The molecule has 6 aromatic carbocycles. The van der Waals surface area contributed by atoms with Gasteiger partial charge >= 0.3 is 0 Å². The Kier molecular flexibility index (Phi) is 4.23. The molecule has 0 amide bonds. The molecule has 8 aromatic rings. The van der Waals surface area contributed by atoms with Crippen molar-refractivity contribution in [2.75, 3.05) is 0 Å². The van der Waals surface area contributed by atoms with E-state index in [-0.39, 0.29) is 0 Å². The van der Waals surface area contributed by atoms with E-state index < -0.39 is 0 Å². The fourth-order valence-corrected chi connectivity index (χ4v) is 5.88. The van der Waals surface area contributed by atoms with Gasteiger partial charge in [-0.15, -0.1) is 0 Å². The summed E-state index contributed by atoms with van der Waals surface area (Å²) in [6.07, 6.45) is 3.58. The molecule has 0 fully saturated rings. The number of fused-ring (bicyclic) bond motifs is 9. The molecule has 172 valence electrons. The number of para-hydroxylation sites is 2. The van der Waals surface area contributed by atoms with Crippen LogP contribution in [0.15, 0.2) is 128 Å². The van der Waals surface area contributed by atoms with Gasteiger partial charge in [-0.25, -0.2) is 0 Å². The summed E-state index contributed by atoms with van der Waals surface area (Å²) >= 11 is 0. The van der Waals surface area contributed by atoms with Gasteiger partial charge in [-0.1, -0.05) is 91.0 Å². The highest BCUT2D eigenvalue weighted by Gasteiger charge is 2.18. The zero-order valence-corrected chi connectivity index (χ0v) is 20.0. The molecule has 0 saturated heterocycles. The van der Waals surface area contributed by atoms with E-state index in [4.69, 9.17) is 9.97 Å². The van der Waals surface area contributed by atoms with Crippen LogP contribution in [0, 0.1) is 0 Å². The molecule has 2 heterocycles. The van der Waals surface area contributed by atoms with Crippen LogP contribution in [0.25, 0.3) is 71.2 Å². The van der Waals surface area contributed by atoms with Crippen molar-refractivity contribution in [2.24, 2.45) is 0 Å². The third-order valence-electron chi connectivity index (χ3n) is 7.47. The maximum atomic E-state index is 4.82. The van der Waals surface area contributed by atoms with Crippen molar-refractivity contribution in [3.05, 3.63) is 128 Å². The second kappa shape index (κ2) is 7.74. The first kappa shape index (κ1) is 20.2. The van der Waals surface area contributed by atoms with Crippen LogP contribution in [-0.2, 0) is 0 Å². The molecule has 0 aliphatic heterocycles. The molecule has 2 aromatic heterocycles. The van der Waals surface area contributed by atoms with Crippen molar-refractivity contribution < 1.29 is 0 Å². The zero-order valence-electron chi connectivity index (χ0n) is 20.0. The minimum absolute atomic E-state index is 0.936. The minimum atomic E-state index is 0.936. The molecule has 3 heteroatoms. The van der Waals surface area contributed by atoms with E-state index in [9.17, 15) is 0 Å². The second-order valence-electron chi connectivity index (χ2n) is 9.45. The van der Waals surface area contributed by atoms with Crippen molar-refractivity contribution >= 4 is 54.4 Å². The zero-order chi connectivity index (χ0) is 24.3. The molecular weight excluding hydrogens is 450 g/mol. The molecule has 0 spiro atoms. The summed E-state index contributed by atoms with van der Waals surface area (Å²) in [5, 5.41) is 7.14. The van der Waals surface area contributed by atoms with E-state index in [0.717, 1.165) is 27.5 Å². The average Bonchev–Trinajstić information content (AvgIpc) is 3.30. The van der Waals surface area contributed by atoms with Gasteiger partial charge in [0.2, 0.25) is 0 Å². The standard InChI is InChI=1S/C34H21N3/c1-2-10-22(11-3-1)23-12-6-8-16-30(23)37-31-17-9-7-14-25(31)28-20-27-24-13-4-5-15-26(24)33-34(36-19-18-35-33)29(27)21-32(28)37/h1-21H. The van der Waals surface area contributed by atoms with E-state index in [2.05, 4.69) is 120 Å². The van der Waals surface area contributed by atoms with Crippen LogP contribution in [0.5, 0.6) is 0 Å². The number of hydrogen-bond donors (Lipinski definition) is 0. The summed E-state index contributed by atoms with van der Waals surface area (Å²) in [5.74, 6) is 0. The van der Waals surface area contributed by atoms with Crippen molar-refractivity contribution in [1.29, 1.82) is 0 Å². The van der Waals surface area contributed by atoms with Crippen LogP contribution in [0.2, 0.25) is 0 Å². The summed E-state index contributed by atoms with van der Waals surface area (Å²) in [6, 6.07) is 41.2. The SMILES string of the molecule is c1ccc(-c2ccccc2-n2c3ccccc3c3cc4c5ccccc5c5nccnc5c4cc32)cc1. The molecule has 0 aliphatic carbocycles. The lowest BCUT2D eigenvalue weighted by Gasteiger charge is -2.15. The van der Waals surface area contributed by atoms with Crippen LogP contribution in [-0.4, -0.2) is 14.5 Å². The van der Waals surface area contributed by atoms with Crippen LogP contribution in [0.3, 0.4) is 0 Å². The molecule has 0 unspecified atom stereocenters. The van der Waals surface area contributed by atoms with E-state index in [1.54, 1.807) is 12.4 Å². The van der Waals surface area contributed by atoms with Gasteiger partial charge in [-0.2, -0.15) is 0 Å². The number of aromatic nitrogens is 3. The van der Waals surface area contributed by atoms with Crippen molar-refractivity contribution in [3.8, 4) is 16.8 Å². The third-order valence-corrected chi connectivity index (χ3v) is 7.47. The summed E-state index contributed by atoms with van der Waals surface area (Å²) in [5.41, 5.74) is 7.80. The van der Waals surface area contributed by atoms with Gasteiger partial charge in [0.1, 0.15) is 0 Å². The Morgan fingerprint density at radius 1 is 0.432 bits per heavy atom. The Labute approximate surface area is 213 Å². The van der Waals surface area contributed by atoms with Crippen molar-refractivity contribution in [3.63, 3.8) is 0 Å². The first-order valence-electron chi connectivity index (χ1n) is 12.5. The fourth-order valence-electron chi connectivity index (χ4n) is 5.88. The van der Waals surface area contributed by atoms with Gasteiger partial charge in [0.15, 0.2) is 0 Å². The predicted molar refractivity (Wildman–Crippen MR) is 154 cm³/mol. The van der Waals surface area contributed by atoms with E-state index in [1.165, 1.54) is 43.7 Å². The Hall–Kier alpha value is -5.02. The molecule has 37 heavy (non-hydrogen) atoms. The molecule has 0 radical (unpaired) electrons. The number of nitrogens with zero attached hydrogens (tertiary/aromatic N) is 3. The van der Waals surface area contributed by atoms with Crippen LogP contribution in [0.4, 0.5) is 0 Å². The fraction of sp³-hybridized carbons (Fsp3) is 0. The highest BCUT2D eigenvalue weighted by Crippen LogP contribution is 2.41. The largest absolute Gasteiger partial charge is 0.309 e. The average molecular weight is 472 g/mol. The Bertz CT molecular complexity index is 2140. The van der Waals surface area contributed by atoms with Gasteiger partial charge in [-0.3, -0.25) is 9.97 Å². The summed E-state index contributed by atoms with van der Waals surface area (Å²) in [4.78, 5) is 9.56. The highest BCUT2D eigenvalue weighted by molar-refractivity contribution is 6.27. The molecule has 0 bridgehead atoms. The molecular formula is C34H21N3. The lowest BCUT2D eigenvalue weighted by atomic mass is 9.97. The van der Waals surface area contributed by atoms with Gasteiger partial charge in [-0.05, 0) is 40.6 Å². The minimum Gasteiger partial charge on any atom is -0.309 e. The monoisotopic (exact) mass is 471 g/mol. The van der Waals surface area contributed by atoms with Gasteiger partial charge < -0.3 is 4.57 Å². The third kappa shape index (κ3) is 2.88. The number of hydrogen-bond acceptors (Lipinski definition) is 2. The first-order chi connectivity index (χ1) is 18.4.